The highest BCUT2D eigenvalue weighted by Gasteiger charge is 2.16. The highest BCUT2D eigenvalue weighted by molar-refractivity contribution is 7.18. The minimum atomic E-state index is -0.922. The maximum absolute atomic E-state index is 11.8. The van der Waals surface area contributed by atoms with Crippen LogP contribution >= 0.6 is 11.3 Å². The van der Waals surface area contributed by atoms with Gasteiger partial charge in [0.1, 0.15) is 10.8 Å². The summed E-state index contributed by atoms with van der Waals surface area (Å²) in [5.74, 6) is -1.36. The molecule has 2 N–H and O–H groups in total. The number of hydrogen-bond acceptors (Lipinski definition) is 7. The van der Waals surface area contributed by atoms with Crippen molar-refractivity contribution in [3.63, 3.8) is 0 Å². The van der Waals surface area contributed by atoms with Gasteiger partial charge in [-0.15, -0.1) is 10.2 Å². The number of amides is 2. The lowest BCUT2D eigenvalue weighted by atomic mass is 10.2. The molecular formula is C15H11N5O3S. The lowest BCUT2D eigenvalue weighted by Gasteiger charge is -1.98. The van der Waals surface area contributed by atoms with Crippen molar-refractivity contribution in [3.8, 4) is 10.6 Å². The maximum Gasteiger partial charge on any atom is 0.329 e. The molecule has 2 heterocycles. The molecule has 8 nitrogen and oxygen atoms in total. The van der Waals surface area contributed by atoms with Crippen LogP contribution in [0.2, 0.25) is 0 Å². The van der Waals surface area contributed by atoms with Crippen LogP contribution in [0.1, 0.15) is 5.76 Å². The number of benzene rings is 1. The molecule has 0 bridgehead atoms. The molecule has 0 atom stereocenters. The Kier molecular flexibility index (Phi) is 4.73. The Bertz CT molecular complexity index is 858. The van der Waals surface area contributed by atoms with Crippen molar-refractivity contribution in [1.82, 2.24) is 15.6 Å². The van der Waals surface area contributed by atoms with E-state index in [9.17, 15) is 9.59 Å². The number of rotatable bonds is 4. The highest BCUT2D eigenvalue weighted by Crippen LogP contribution is 2.25. The monoisotopic (exact) mass is 341 g/mol. The molecule has 0 radical (unpaired) electrons. The molecule has 0 fully saturated rings. The first kappa shape index (κ1) is 15.6. The van der Waals surface area contributed by atoms with Gasteiger partial charge in [0.15, 0.2) is 0 Å². The molecule has 0 spiro atoms. The summed E-state index contributed by atoms with van der Waals surface area (Å²) in [5, 5.41) is 14.7. The zero-order valence-electron chi connectivity index (χ0n) is 12.2. The number of hydrazone groups is 1. The third-order valence-corrected chi connectivity index (χ3v) is 3.66. The first-order valence-electron chi connectivity index (χ1n) is 6.79. The van der Waals surface area contributed by atoms with E-state index in [4.69, 9.17) is 4.42 Å². The normalized spacial score (nSPS) is 10.7. The van der Waals surface area contributed by atoms with E-state index in [1.807, 2.05) is 30.3 Å². The van der Waals surface area contributed by atoms with E-state index in [1.54, 1.807) is 12.1 Å². The van der Waals surface area contributed by atoms with Crippen LogP contribution in [-0.4, -0.2) is 28.2 Å². The average molecular weight is 341 g/mol. The lowest BCUT2D eigenvalue weighted by molar-refractivity contribution is -0.136. The van der Waals surface area contributed by atoms with Crippen molar-refractivity contribution in [3.05, 3.63) is 54.5 Å². The zero-order valence-corrected chi connectivity index (χ0v) is 13.0. The Balaban J connectivity index is 1.56. The topological polar surface area (TPSA) is 109 Å². The predicted molar refractivity (Wildman–Crippen MR) is 88.4 cm³/mol. The molecule has 0 unspecified atom stereocenters. The number of nitrogens with one attached hydrogen (secondary N) is 2. The highest BCUT2D eigenvalue weighted by atomic mass is 32.1. The second kappa shape index (κ2) is 7.29. The number of carbonyl (C=O) groups excluding carboxylic acids is 2. The quantitative estimate of drug-likeness (QED) is 0.428. The van der Waals surface area contributed by atoms with Gasteiger partial charge < -0.3 is 4.42 Å². The van der Waals surface area contributed by atoms with Gasteiger partial charge in [-0.3, -0.25) is 14.9 Å². The number of furan rings is 1. The Morgan fingerprint density at radius 1 is 1.08 bits per heavy atom. The van der Waals surface area contributed by atoms with E-state index < -0.39 is 11.8 Å². The number of carbonyl (C=O) groups is 2. The van der Waals surface area contributed by atoms with Crippen LogP contribution in [0.25, 0.3) is 10.6 Å². The first-order valence-corrected chi connectivity index (χ1v) is 7.61. The molecule has 0 aliphatic heterocycles. The van der Waals surface area contributed by atoms with Crippen LogP contribution < -0.4 is 10.7 Å². The van der Waals surface area contributed by atoms with Gasteiger partial charge in [0.2, 0.25) is 5.13 Å². The van der Waals surface area contributed by atoms with Crippen molar-refractivity contribution in [2.75, 3.05) is 5.32 Å². The standard InChI is InChI=1S/C15H11N5O3S/c21-12(13(22)18-16-9-11-7-4-8-23-11)17-15-20-19-14(24-15)10-5-2-1-3-6-10/h1-9H,(H,18,22)(H,17,20,21). The van der Waals surface area contributed by atoms with Crippen LogP contribution in [0.3, 0.4) is 0 Å². The molecule has 120 valence electrons. The molecule has 1 aromatic carbocycles. The Morgan fingerprint density at radius 2 is 1.92 bits per heavy atom. The minimum absolute atomic E-state index is 0.226. The van der Waals surface area contributed by atoms with E-state index in [1.165, 1.54) is 23.8 Å². The summed E-state index contributed by atoms with van der Waals surface area (Å²) in [6, 6.07) is 12.7. The smallest absolute Gasteiger partial charge is 0.329 e. The molecule has 24 heavy (non-hydrogen) atoms. The van der Waals surface area contributed by atoms with E-state index in [0.29, 0.717) is 10.8 Å². The maximum atomic E-state index is 11.8. The third-order valence-electron chi connectivity index (χ3n) is 2.77. The van der Waals surface area contributed by atoms with E-state index in [-0.39, 0.29) is 5.13 Å². The van der Waals surface area contributed by atoms with Crippen molar-refractivity contribution < 1.29 is 14.0 Å². The summed E-state index contributed by atoms with van der Waals surface area (Å²) >= 11 is 1.17. The molecule has 2 aromatic heterocycles. The molecule has 0 aliphatic carbocycles. The van der Waals surface area contributed by atoms with Gasteiger partial charge in [0, 0.05) is 5.56 Å². The average Bonchev–Trinajstić information content (AvgIpc) is 3.27. The van der Waals surface area contributed by atoms with Gasteiger partial charge >= 0.3 is 11.8 Å². The van der Waals surface area contributed by atoms with Crippen LogP contribution in [0.5, 0.6) is 0 Å². The minimum Gasteiger partial charge on any atom is -0.463 e. The summed E-state index contributed by atoms with van der Waals surface area (Å²) in [5.41, 5.74) is 2.97. The number of aromatic nitrogens is 2. The molecule has 2 amide bonds. The van der Waals surface area contributed by atoms with Crippen LogP contribution in [0.15, 0.2) is 58.2 Å². The van der Waals surface area contributed by atoms with E-state index in [0.717, 1.165) is 5.56 Å². The van der Waals surface area contributed by atoms with Gasteiger partial charge in [0.25, 0.3) is 0 Å². The Labute approximate surface area is 140 Å². The van der Waals surface area contributed by atoms with Gasteiger partial charge in [-0.1, -0.05) is 41.7 Å². The lowest BCUT2D eigenvalue weighted by Crippen LogP contribution is -2.32. The molecule has 0 saturated heterocycles. The van der Waals surface area contributed by atoms with Crippen LogP contribution in [-0.2, 0) is 9.59 Å². The second-order valence-corrected chi connectivity index (χ2v) is 5.42. The summed E-state index contributed by atoms with van der Waals surface area (Å²) in [7, 11) is 0. The fourth-order valence-corrected chi connectivity index (χ4v) is 2.44. The summed E-state index contributed by atoms with van der Waals surface area (Å²) < 4.78 is 5.00. The molecule has 0 saturated carbocycles. The van der Waals surface area contributed by atoms with Gasteiger partial charge in [-0.05, 0) is 12.1 Å². The van der Waals surface area contributed by atoms with Crippen LogP contribution in [0.4, 0.5) is 5.13 Å². The van der Waals surface area contributed by atoms with Crippen molar-refractivity contribution >= 4 is 34.5 Å². The van der Waals surface area contributed by atoms with Crippen molar-refractivity contribution in [2.24, 2.45) is 5.10 Å². The number of hydrogen-bond donors (Lipinski definition) is 2. The first-order chi connectivity index (χ1) is 11.7. The summed E-state index contributed by atoms with van der Waals surface area (Å²) in [6.45, 7) is 0. The van der Waals surface area contributed by atoms with Gasteiger partial charge in [-0.25, -0.2) is 5.43 Å². The molecule has 3 rings (SSSR count). The van der Waals surface area contributed by atoms with Gasteiger partial charge in [-0.2, -0.15) is 5.10 Å². The number of nitrogens with zero attached hydrogens (tertiary/aromatic N) is 3. The van der Waals surface area contributed by atoms with E-state index >= 15 is 0 Å². The summed E-state index contributed by atoms with van der Waals surface area (Å²) in [4.78, 5) is 23.4. The van der Waals surface area contributed by atoms with Crippen molar-refractivity contribution in [1.29, 1.82) is 0 Å². The Hall–Kier alpha value is -3.33. The largest absolute Gasteiger partial charge is 0.463 e. The molecule has 0 aliphatic rings. The summed E-state index contributed by atoms with van der Waals surface area (Å²) in [6.07, 6.45) is 2.75. The SMILES string of the molecule is O=C(NN=Cc1ccco1)C(=O)Nc1nnc(-c2ccccc2)s1. The third kappa shape index (κ3) is 3.90. The fourth-order valence-electron chi connectivity index (χ4n) is 1.70. The Morgan fingerprint density at radius 3 is 2.67 bits per heavy atom. The van der Waals surface area contributed by atoms with Crippen LogP contribution in [0, 0.1) is 0 Å². The molecular weight excluding hydrogens is 330 g/mol. The second-order valence-electron chi connectivity index (χ2n) is 4.45. The fraction of sp³-hybridized carbons (Fsp3) is 0. The van der Waals surface area contributed by atoms with Crippen molar-refractivity contribution in [2.45, 2.75) is 0 Å². The number of anilines is 1. The van der Waals surface area contributed by atoms with E-state index in [2.05, 4.69) is 26.0 Å². The predicted octanol–water partition coefficient (Wildman–Crippen LogP) is 1.89. The zero-order chi connectivity index (χ0) is 16.8. The molecule has 3 aromatic rings. The molecule has 9 heteroatoms. The van der Waals surface area contributed by atoms with Gasteiger partial charge in [0.05, 0.1) is 12.5 Å².